The molecule has 7 heteroatoms. The zero-order valence-electron chi connectivity index (χ0n) is 20.7. The maximum Gasteiger partial charge on any atom is 0.220 e. The van der Waals surface area contributed by atoms with Crippen LogP contribution in [-0.2, 0) is 30.7 Å². The largest absolute Gasteiger partial charge is 0.496 e. The van der Waals surface area contributed by atoms with Crippen LogP contribution in [0.4, 0.5) is 0 Å². The van der Waals surface area contributed by atoms with E-state index in [4.69, 9.17) is 4.74 Å². The molecule has 0 radical (unpaired) electrons. The molecule has 1 aliphatic heterocycles. The number of nitrogens with one attached hydrogen (secondary N) is 1. The van der Waals surface area contributed by atoms with Gasteiger partial charge in [0.05, 0.1) is 13.2 Å². The van der Waals surface area contributed by atoms with Gasteiger partial charge in [0, 0.05) is 39.0 Å². The molecule has 34 heavy (non-hydrogen) atoms. The van der Waals surface area contributed by atoms with E-state index in [0.717, 1.165) is 62.0 Å². The molecule has 1 aromatic heterocycles. The molecule has 7 nitrogen and oxygen atoms in total. The molecule has 0 saturated heterocycles. The highest BCUT2D eigenvalue weighted by Gasteiger charge is 2.23. The topological polar surface area (TPSA) is 72.3 Å². The van der Waals surface area contributed by atoms with E-state index in [-0.39, 0.29) is 11.9 Å². The highest BCUT2D eigenvalue weighted by Crippen LogP contribution is 2.24. The summed E-state index contributed by atoms with van der Waals surface area (Å²) in [5.41, 5.74) is 4.91. The van der Waals surface area contributed by atoms with Crippen molar-refractivity contribution in [1.29, 1.82) is 0 Å². The Morgan fingerprint density at radius 3 is 2.65 bits per heavy atom. The quantitative estimate of drug-likeness (QED) is 0.553. The van der Waals surface area contributed by atoms with Gasteiger partial charge in [0.25, 0.3) is 0 Å². The van der Waals surface area contributed by atoms with Crippen LogP contribution in [0.3, 0.4) is 0 Å². The van der Waals surface area contributed by atoms with Crippen LogP contribution in [0.25, 0.3) is 0 Å². The zero-order chi connectivity index (χ0) is 24.1. The fraction of sp³-hybridized carbons (Fsp3) is 0.444. The molecule has 180 valence electrons. The second-order valence-corrected chi connectivity index (χ2v) is 9.18. The minimum atomic E-state index is -0.178. The predicted octanol–water partition coefficient (Wildman–Crippen LogP) is 3.77. The van der Waals surface area contributed by atoms with Gasteiger partial charge >= 0.3 is 0 Å². The number of hydrogen-bond donors (Lipinski definition) is 1. The average Bonchev–Trinajstić information content (AvgIpc) is 3.14. The lowest BCUT2D eigenvalue weighted by Gasteiger charge is -2.22. The second kappa shape index (κ2) is 10.8. The van der Waals surface area contributed by atoms with Gasteiger partial charge in [0.2, 0.25) is 5.91 Å². The third-order valence-corrected chi connectivity index (χ3v) is 6.64. The third kappa shape index (κ3) is 5.65. The fourth-order valence-corrected chi connectivity index (χ4v) is 4.63. The van der Waals surface area contributed by atoms with Crippen LogP contribution in [0.15, 0.2) is 42.5 Å². The number of carbonyl (C=O) groups excluding carboxylic acids is 1. The molecule has 1 amide bonds. The first-order chi connectivity index (χ1) is 16.4. The maximum atomic E-state index is 12.5. The summed E-state index contributed by atoms with van der Waals surface area (Å²) in [5, 5.41) is 12.0. The molecule has 4 rings (SSSR count). The molecule has 0 bridgehead atoms. The van der Waals surface area contributed by atoms with E-state index >= 15 is 0 Å². The first kappa shape index (κ1) is 24.0. The highest BCUT2D eigenvalue weighted by atomic mass is 16.5. The summed E-state index contributed by atoms with van der Waals surface area (Å²) in [6.07, 6.45) is 2.04. The van der Waals surface area contributed by atoms with Crippen LogP contribution in [0.1, 0.15) is 53.3 Å². The van der Waals surface area contributed by atoms with Crippen molar-refractivity contribution >= 4 is 5.91 Å². The number of fused-ring (bicyclic) bond motifs is 1. The van der Waals surface area contributed by atoms with E-state index in [1.54, 1.807) is 7.11 Å². The van der Waals surface area contributed by atoms with Gasteiger partial charge in [-0.25, -0.2) is 0 Å². The van der Waals surface area contributed by atoms with Crippen molar-refractivity contribution in [2.24, 2.45) is 0 Å². The van der Waals surface area contributed by atoms with Crippen molar-refractivity contribution in [2.75, 3.05) is 20.2 Å². The summed E-state index contributed by atoms with van der Waals surface area (Å²) in [7, 11) is 1.72. The number of methoxy groups -OCH3 is 1. The Kier molecular flexibility index (Phi) is 7.63. The number of aryl methyl sites for hydroxylation is 3. The van der Waals surface area contributed by atoms with Gasteiger partial charge in [-0.15, -0.1) is 10.2 Å². The number of amides is 1. The van der Waals surface area contributed by atoms with Crippen LogP contribution >= 0.6 is 0 Å². The van der Waals surface area contributed by atoms with Gasteiger partial charge in [-0.3, -0.25) is 9.69 Å². The SMILES string of the molecule is COc1cc(C)c(CN2CCc3nnc(C(C)NC(=O)CCc4ccccc4)n3CC2)cc1C. The molecule has 0 spiro atoms. The summed E-state index contributed by atoms with van der Waals surface area (Å²) >= 11 is 0. The van der Waals surface area contributed by atoms with Crippen LogP contribution in [-0.4, -0.2) is 45.8 Å². The number of nitrogens with zero attached hydrogens (tertiary/aromatic N) is 4. The molecular weight excluding hydrogens is 426 g/mol. The first-order valence-corrected chi connectivity index (χ1v) is 12.1. The Labute approximate surface area is 202 Å². The van der Waals surface area contributed by atoms with E-state index < -0.39 is 0 Å². The summed E-state index contributed by atoms with van der Waals surface area (Å²) in [5.74, 6) is 2.80. The van der Waals surface area contributed by atoms with Gasteiger partial charge in [-0.2, -0.15) is 0 Å². The summed E-state index contributed by atoms with van der Waals surface area (Å²) in [6.45, 7) is 9.78. The lowest BCUT2D eigenvalue weighted by molar-refractivity contribution is -0.121. The monoisotopic (exact) mass is 461 g/mol. The van der Waals surface area contributed by atoms with Crippen LogP contribution in [0, 0.1) is 13.8 Å². The van der Waals surface area contributed by atoms with Crippen LogP contribution in [0.5, 0.6) is 5.75 Å². The van der Waals surface area contributed by atoms with Crippen molar-refractivity contribution in [1.82, 2.24) is 25.0 Å². The molecule has 1 atom stereocenters. The molecule has 2 aromatic carbocycles. The molecule has 0 aliphatic carbocycles. The van der Waals surface area contributed by atoms with Crippen molar-refractivity contribution in [2.45, 2.75) is 59.2 Å². The van der Waals surface area contributed by atoms with Gasteiger partial charge in [-0.1, -0.05) is 36.4 Å². The number of hydrogen-bond acceptors (Lipinski definition) is 5. The Balaban J connectivity index is 1.35. The van der Waals surface area contributed by atoms with Gasteiger partial charge in [-0.05, 0) is 55.5 Å². The molecular formula is C27H35N5O2. The Bertz CT molecular complexity index is 1130. The minimum Gasteiger partial charge on any atom is -0.496 e. The normalized spacial score (nSPS) is 14.8. The zero-order valence-corrected chi connectivity index (χ0v) is 20.7. The number of ether oxygens (including phenoxy) is 1. The minimum absolute atomic E-state index is 0.0364. The molecule has 1 unspecified atom stereocenters. The lowest BCUT2D eigenvalue weighted by atomic mass is 10.0. The molecule has 0 saturated carbocycles. The van der Waals surface area contributed by atoms with E-state index in [1.165, 1.54) is 16.7 Å². The average molecular weight is 462 g/mol. The molecule has 2 heterocycles. The Morgan fingerprint density at radius 2 is 1.88 bits per heavy atom. The highest BCUT2D eigenvalue weighted by molar-refractivity contribution is 5.76. The standard InChI is InChI=1S/C27H35N5O2/c1-19-17-24(34-4)20(2)16-23(19)18-31-13-12-25-29-30-27(32(25)15-14-31)21(3)28-26(33)11-10-22-8-6-5-7-9-22/h5-9,16-17,21H,10-15,18H2,1-4H3,(H,28,33). The molecule has 3 aromatic rings. The van der Waals surface area contributed by atoms with E-state index in [2.05, 4.69) is 63.1 Å². The van der Waals surface area contributed by atoms with Crippen molar-refractivity contribution in [3.05, 3.63) is 76.4 Å². The van der Waals surface area contributed by atoms with Gasteiger partial charge < -0.3 is 14.6 Å². The number of benzene rings is 2. The van der Waals surface area contributed by atoms with Gasteiger partial charge in [0.1, 0.15) is 11.6 Å². The van der Waals surface area contributed by atoms with E-state index in [1.807, 2.05) is 25.1 Å². The predicted molar refractivity (Wildman–Crippen MR) is 133 cm³/mol. The fourth-order valence-electron chi connectivity index (χ4n) is 4.63. The molecule has 1 N–H and O–H groups in total. The third-order valence-electron chi connectivity index (χ3n) is 6.64. The number of rotatable bonds is 8. The smallest absolute Gasteiger partial charge is 0.220 e. The van der Waals surface area contributed by atoms with Crippen molar-refractivity contribution in [3.63, 3.8) is 0 Å². The first-order valence-electron chi connectivity index (χ1n) is 12.1. The van der Waals surface area contributed by atoms with Gasteiger partial charge in [0.15, 0.2) is 5.82 Å². The summed E-state index contributed by atoms with van der Waals surface area (Å²) in [6, 6.07) is 14.3. The van der Waals surface area contributed by atoms with Crippen LogP contribution in [0.2, 0.25) is 0 Å². The van der Waals surface area contributed by atoms with Crippen molar-refractivity contribution in [3.8, 4) is 5.75 Å². The summed E-state index contributed by atoms with van der Waals surface area (Å²) < 4.78 is 7.65. The Morgan fingerprint density at radius 1 is 1.09 bits per heavy atom. The second-order valence-electron chi connectivity index (χ2n) is 9.18. The summed E-state index contributed by atoms with van der Waals surface area (Å²) in [4.78, 5) is 15.0. The van der Waals surface area contributed by atoms with Crippen molar-refractivity contribution < 1.29 is 9.53 Å². The van der Waals surface area contributed by atoms with E-state index in [9.17, 15) is 4.79 Å². The number of aromatic nitrogens is 3. The van der Waals surface area contributed by atoms with E-state index in [0.29, 0.717) is 6.42 Å². The maximum absolute atomic E-state index is 12.5. The number of carbonyl (C=O) groups is 1. The molecule has 0 fully saturated rings. The van der Waals surface area contributed by atoms with Crippen LogP contribution < -0.4 is 10.1 Å². The Hall–Kier alpha value is -3.19. The molecule has 1 aliphatic rings. The lowest BCUT2D eigenvalue weighted by Crippen LogP contribution is -2.30.